The molecular weight excluding hydrogens is 280 g/mol. The Morgan fingerprint density at radius 2 is 1.84 bits per heavy atom. The minimum atomic E-state index is 0.0765. The van der Waals surface area contributed by atoms with E-state index < -0.39 is 0 Å². The molecule has 0 radical (unpaired) electrons. The van der Waals surface area contributed by atoms with Gasteiger partial charge in [0.2, 0.25) is 0 Å². The Morgan fingerprint density at radius 1 is 1.16 bits per heavy atom. The van der Waals surface area contributed by atoms with Crippen molar-refractivity contribution in [2.75, 3.05) is 12.9 Å². The van der Waals surface area contributed by atoms with Gasteiger partial charge in [0, 0.05) is 15.5 Å². The third-order valence-electron chi connectivity index (χ3n) is 2.59. The fourth-order valence-corrected chi connectivity index (χ4v) is 2.65. The van der Waals surface area contributed by atoms with Crippen LogP contribution in [0.1, 0.15) is 10.4 Å². The first-order valence-corrected chi connectivity index (χ1v) is 7.11. The molecule has 0 aliphatic carbocycles. The highest BCUT2D eigenvalue weighted by Gasteiger charge is 2.08. The lowest BCUT2D eigenvalue weighted by molar-refractivity contribution is 0.102. The summed E-state index contributed by atoms with van der Waals surface area (Å²) >= 11 is 7.27. The predicted octanol–water partition coefficient (Wildman–Crippen LogP) is 4.32. The molecule has 2 rings (SSSR count). The number of ether oxygens (including phenoxy) is 1. The van der Waals surface area contributed by atoms with Gasteiger partial charge in [0.15, 0.2) is 5.78 Å². The number of halogens is 1. The maximum atomic E-state index is 12.0. The fourth-order valence-electron chi connectivity index (χ4n) is 1.60. The first-order valence-electron chi connectivity index (χ1n) is 5.75. The topological polar surface area (TPSA) is 26.3 Å². The van der Waals surface area contributed by atoms with Gasteiger partial charge in [-0.25, -0.2) is 0 Å². The van der Waals surface area contributed by atoms with Crippen LogP contribution in [0.4, 0.5) is 0 Å². The van der Waals surface area contributed by atoms with Crippen molar-refractivity contribution in [2.24, 2.45) is 0 Å². The van der Waals surface area contributed by atoms with Gasteiger partial charge < -0.3 is 4.74 Å². The van der Waals surface area contributed by atoms with Crippen LogP contribution < -0.4 is 4.74 Å². The summed E-state index contributed by atoms with van der Waals surface area (Å²) in [6.45, 7) is 0. The monoisotopic (exact) mass is 292 g/mol. The largest absolute Gasteiger partial charge is 0.496 e. The van der Waals surface area contributed by atoms with Crippen LogP contribution in [0.25, 0.3) is 0 Å². The summed E-state index contributed by atoms with van der Waals surface area (Å²) in [4.78, 5) is 13.0. The van der Waals surface area contributed by atoms with Gasteiger partial charge in [-0.1, -0.05) is 23.7 Å². The van der Waals surface area contributed by atoms with E-state index in [0.29, 0.717) is 16.3 Å². The number of methoxy groups -OCH3 is 1. The maximum Gasteiger partial charge on any atom is 0.173 e. The molecule has 0 unspecified atom stereocenters. The van der Waals surface area contributed by atoms with Crippen molar-refractivity contribution < 1.29 is 9.53 Å². The third-order valence-corrected chi connectivity index (χ3v) is 3.90. The molecule has 0 aliphatic heterocycles. The lowest BCUT2D eigenvalue weighted by atomic mass is 10.1. The van der Waals surface area contributed by atoms with E-state index in [-0.39, 0.29) is 5.78 Å². The van der Waals surface area contributed by atoms with E-state index >= 15 is 0 Å². The Kier molecular flexibility index (Phi) is 4.88. The van der Waals surface area contributed by atoms with E-state index in [2.05, 4.69) is 0 Å². The second-order valence-electron chi connectivity index (χ2n) is 3.87. The summed E-state index contributed by atoms with van der Waals surface area (Å²) in [6, 6.07) is 14.6. The Hall–Kier alpha value is -1.45. The van der Waals surface area contributed by atoms with Crippen molar-refractivity contribution in [1.82, 2.24) is 0 Å². The first kappa shape index (κ1) is 14.0. The lowest BCUT2D eigenvalue weighted by Crippen LogP contribution is -2.02. The van der Waals surface area contributed by atoms with Crippen molar-refractivity contribution in [3.63, 3.8) is 0 Å². The Bertz CT molecular complexity index is 567. The second kappa shape index (κ2) is 6.64. The summed E-state index contributed by atoms with van der Waals surface area (Å²) in [5.41, 5.74) is 0.673. The van der Waals surface area contributed by atoms with Gasteiger partial charge >= 0.3 is 0 Å². The molecular formula is C15H13ClO2S. The number of rotatable bonds is 5. The molecule has 0 heterocycles. The molecule has 0 aliphatic rings. The van der Waals surface area contributed by atoms with Gasteiger partial charge in [0.1, 0.15) is 5.75 Å². The van der Waals surface area contributed by atoms with E-state index in [9.17, 15) is 4.79 Å². The lowest BCUT2D eigenvalue weighted by Gasteiger charge is -2.07. The molecule has 4 heteroatoms. The molecule has 19 heavy (non-hydrogen) atoms. The number of carbonyl (C=O) groups is 1. The SMILES string of the molecule is COc1ccccc1SCC(=O)c1ccc(Cl)cc1. The Labute approximate surface area is 121 Å². The van der Waals surface area contributed by atoms with Crippen molar-refractivity contribution in [3.05, 3.63) is 59.1 Å². The van der Waals surface area contributed by atoms with Crippen LogP contribution in [0.3, 0.4) is 0 Å². The van der Waals surface area contributed by atoms with Gasteiger partial charge in [-0.2, -0.15) is 0 Å². The number of ketones is 1. The van der Waals surface area contributed by atoms with Crippen molar-refractivity contribution in [1.29, 1.82) is 0 Å². The van der Waals surface area contributed by atoms with Gasteiger partial charge in [-0.3, -0.25) is 4.79 Å². The summed E-state index contributed by atoms with van der Waals surface area (Å²) in [7, 11) is 1.63. The molecule has 0 fully saturated rings. The quantitative estimate of drug-likeness (QED) is 0.606. The Balaban J connectivity index is 2.02. The zero-order valence-corrected chi connectivity index (χ0v) is 12.0. The minimum absolute atomic E-state index is 0.0765. The molecule has 2 aromatic carbocycles. The molecule has 0 spiro atoms. The Morgan fingerprint density at radius 3 is 2.53 bits per heavy atom. The van der Waals surface area contributed by atoms with Gasteiger partial charge in [0.25, 0.3) is 0 Å². The number of benzene rings is 2. The average Bonchev–Trinajstić information content (AvgIpc) is 2.45. The fraction of sp³-hybridized carbons (Fsp3) is 0.133. The number of carbonyl (C=O) groups excluding carboxylic acids is 1. The zero-order chi connectivity index (χ0) is 13.7. The molecule has 0 atom stereocenters. The molecule has 0 aromatic heterocycles. The molecule has 0 amide bonds. The standard InChI is InChI=1S/C15H13ClO2S/c1-18-14-4-2-3-5-15(14)19-10-13(17)11-6-8-12(16)9-7-11/h2-9H,10H2,1H3. The van der Waals surface area contributed by atoms with Crippen LogP contribution in [0.15, 0.2) is 53.4 Å². The van der Waals surface area contributed by atoms with Crippen LogP contribution in [0, 0.1) is 0 Å². The van der Waals surface area contributed by atoms with Gasteiger partial charge in [0.05, 0.1) is 12.9 Å². The highest BCUT2D eigenvalue weighted by atomic mass is 35.5. The zero-order valence-electron chi connectivity index (χ0n) is 10.4. The van der Waals surface area contributed by atoms with E-state index in [1.165, 1.54) is 11.8 Å². The molecule has 0 saturated carbocycles. The maximum absolute atomic E-state index is 12.0. The van der Waals surface area contributed by atoms with Crippen LogP contribution >= 0.6 is 23.4 Å². The number of para-hydroxylation sites is 1. The molecule has 0 bridgehead atoms. The first-order chi connectivity index (χ1) is 9.20. The number of hydrogen-bond acceptors (Lipinski definition) is 3. The molecule has 98 valence electrons. The van der Waals surface area contributed by atoms with Crippen molar-refractivity contribution in [2.45, 2.75) is 4.90 Å². The normalized spacial score (nSPS) is 10.2. The van der Waals surface area contributed by atoms with Crippen LogP contribution in [-0.2, 0) is 0 Å². The summed E-state index contributed by atoms with van der Waals surface area (Å²) in [5.74, 6) is 1.24. The average molecular weight is 293 g/mol. The van der Waals surface area contributed by atoms with E-state index in [0.717, 1.165) is 10.6 Å². The molecule has 0 N–H and O–H groups in total. The summed E-state index contributed by atoms with van der Waals surface area (Å²) in [5, 5.41) is 0.633. The predicted molar refractivity (Wildman–Crippen MR) is 79.5 cm³/mol. The van der Waals surface area contributed by atoms with Gasteiger partial charge in [-0.05, 0) is 36.4 Å². The molecule has 0 saturated heterocycles. The van der Waals surface area contributed by atoms with E-state index in [1.807, 2.05) is 24.3 Å². The highest BCUT2D eigenvalue weighted by Crippen LogP contribution is 2.29. The van der Waals surface area contributed by atoms with Crippen LogP contribution in [0.2, 0.25) is 5.02 Å². The molecule has 2 nitrogen and oxygen atoms in total. The number of Topliss-reactive ketones (excluding diaryl/α,β-unsaturated/α-hetero) is 1. The third kappa shape index (κ3) is 3.75. The van der Waals surface area contributed by atoms with E-state index in [1.54, 1.807) is 31.4 Å². The van der Waals surface area contributed by atoms with Crippen molar-refractivity contribution >= 4 is 29.1 Å². The summed E-state index contributed by atoms with van der Waals surface area (Å²) < 4.78 is 5.25. The minimum Gasteiger partial charge on any atom is -0.496 e. The summed E-state index contributed by atoms with van der Waals surface area (Å²) in [6.07, 6.45) is 0. The number of thioether (sulfide) groups is 1. The smallest absolute Gasteiger partial charge is 0.173 e. The molecule has 2 aromatic rings. The van der Waals surface area contributed by atoms with Gasteiger partial charge in [-0.15, -0.1) is 11.8 Å². The number of hydrogen-bond donors (Lipinski definition) is 0. The van der Waals surface area contributed by atoms with Crippen molar-refractivity contribution in [3.8, 4) is 5.75 Å². The van der Waals surface area contributed by atoms with E-state index in [4.69, 9.17) is 16.3 Å². The van der Waals surface area contributed by atoms with Crippen LogP contribution in [-0.4, -0.2) is 18.6 Å². The second-order valence-corrected chi connectivity index (χ2v) is 5.32. The highest BCUT2D eigenvalue weighted by molar-refractivity contribution is 8.00. The van der Waals surface area contributed by atoms with Crippen LogP contribution in [0.5, 0.6) is 5.75 Å².